The Balaban J connectivity index is 1.66. The van der Waals surface area contributed by atoms with Crippen molar-refractivity contribution >= 4 is 21.2 Å². The number of anilines is 1. The summed E-state index contributed by atoms with van der Waals surface area (Å²) >= 11 is 0. The van der Waals surface area contributed by atoms with Crippen molar-refractivity contribution in [3.8, 4) is 22.6 Å². The quantitative estimate of drug-likeness (QED) is 0.249. The largest absolute Gasteiger partial charge is 0.573 e. The van der Waals surface area contributed by atoms with E-state index in [0.717, 1.165) is 24.6 Å². The number of aromatic nitrogens is 2. The number of aryl methyl sites for hydroxylation is 1. The number of hydrogen-bond acceptors (Lipinski definition) is 7. The lowest BCUT2D eigenvalue weighted by molar-refractivity contribution is -0.274. The number of rotatable bonds is 6. The van der Waals surface area contributed by atoms with E-state index < -0.39 is 39.6 Å². The second-order valence-electron chi connectivity index (χ2n) is 9.36. The van der Waals surface area contributed by atoms with Gasteiger partial charge in [0, 0.05) is 30.3 Å². The molecule has 43 heavy (non-hydrogen) atoms. The van der Waals surface area contributed by atoms with E-state index in [1.165, 1.54) is 53.0 Å². The Morgan fingerprint density at radius 1 is 0.907 bits per heavy atom. The van der Waals surface area contributed by atoms with Crippen LogP contribution in [0.5, 0.6) is 5.75 Å². The highest BCUT2D eigenvalue weighted by Gasteiger charge is 2.35. The Kier molecular flexibility index (Phi) is 7.38. The highest BCUT2D eigenvalue weighted by Crippen LogP contribution is 2.38. The minimum atomic E-state index is -5.04. The number of nitrogens with one attached hydrogen (secondary N) is 2. The third kappa shape index (κ3) is 6.29. The standard InChI is InChI=1S/C27H20F7N5O3S/c1-15-36-25(26(29,30)31)14-38(15)22-9-6-17(16-4-3-5-19(10-16)43(2,40)41)11-23(22)39-24(13-35-37-39)20-8-7-18(12-21(20)28)42-27(32,33)34/h3-14,35,37H,1-2H3. The fraction of sp³-hybridized carbons (Fsp3) is 0.148. The lowest BCUT2D eigenvalue weighted by atomic mass is 10.0. The molecule has 2 heterocycles. The molecule has 4 aromatic rings. The Bertz CT molecular complexity index is 1850. The summed E-state index contributed by atoms with van der Waals surface area (Å²) in [4.78, 5) is 3.64. The Morgan fingerprint density at radius 2 is 1.63 bits per heavy atom. The first-order chi connectivity index (χ1) is 20.0. The minimum Gasteiger partial charge on any atom is -0.406 e. The topological polar surface area (TPSA) is 88.5 Å². The molecule has 1 aromatic heterocycles. The molecule has 0 saturated carbocycles. The number of ether oxygens (including phenoxy) is 1. The molecule has 0 spiro atoms. The molecule has 0 radical (unpaired) electrons. The summed E-state index contributed by atoms with van der Waals surface area (Å²) < 4.78 is 123. The van der Waals surface area contributed by atoms with E-state index in [4.69, 9.17) is 0 Å². The van der Waals surface area contributed by atoms with Gasteiger partial charge in [0.25, 0.3) is 0 Å². The van der Waals surface area contributed by atoms with Crippen molar-refractivity contribution in [2.75, 3.05) is 11.3 Å². The van der Waals surface area contributed by atoms with E-state index in [9.17, 15) is 34.8 Å². The molecule has 0 saturated heterocycles. The zero-order valence-corrected chi connectivity index (χ0v) is 22.9. The summed E-state index contributed by atoms with van der Waals surface area (Å²) in [5.41, 5.74) is 5.32. The van der Waals surface area contributed by atoms with Crippen LogP contribution in [0.1, 0.15) is 17.1 Å². The molecule has 2 N–H and O–H groups in total. The van der Waals surface area contributed by atoms with Crippen LogP contribution in [-0.2, 0) is 16.0 Å². The van der Waals surface area contributed by atoms with Crippen LogP contribution in [0.3, 0.4) is 0 Å². The van der Waals surface area contributed by atoms with Gasteiger partial charge in [-0.05, 0) is 54.4 Å². The summed E-state index contributed by atoms with van der Waals surface area (Å²) in [5.74, 6) is -1.90. The molecule has 0 bridgehead atoms. The molecule has 8 nitrogen and oxygen atoms in total. The van der Waals surface area contributed by atoms with Gasteiger partial charge >= 0.3 is 12.5 Å². The van der Waals surface area contributed by atoms with Crippen LogP contribution in [0.15, 0.2) is 78.0 Å². The van der Waals surface area contributed by atoms with Gasteiger partial charge in [-0.3, -0.25) is 5.01 Å². The molecular formula is C27H20F7N5O3S. The molecule has 1 aliphatic heterocycles. The average Bonchev–Trinajstić information content (AvgIpc) is 3.54. The van der Waals surface area contributed by atoms with E-state index in [1.54, 1.807) is 12.1 Å². The number of alkyl halides is 6. The lowest BCUT2D eigenvalue weighted by Gasteiger charge is -2.26. The SMILES string of the molecule is Cc1nc(C(F)(F)F)cn1-c1ccc(-c2cccc(S(C)(=O)=O)c2)cc1N1NNC=C1c1ccc(OC(F)(F)F)cc1F. The van der Waals surface area contributed by atoms with Gasteiger partial charge < -0.3 is 14.7 Å². The second kappa shape index (κ2) is 10.6. The maximum Gasteiger partial charge on any atom is 0.573 e. The number of hydrazine groups is 2. The van der Waals surface area contributed by atoms with E-state index in [0.29, 0.717) is 17.2 Å². The molecule has 16 heteroatoms. The molecule has 0 amide bonds. The lowest BCUT2D eigenvalue weighted by Crippen LogP contribution is -2.37. The third-order valence-electron chi connectivity index (χ3n) is 6.32. The zero-order chi connectivity index (χ0) is 31.3. The van der Waals surface area contributed by atoms with Gasteiger partial charge in [0.15, 0.2) is 15.5 Å². The minimum absolute atomic E-state index is 0.0284. The predicted octanol–water partition coefficient (Wildman–Crippen LogP) is 6.14. The van der Waals surface area contributed by atoms with Gasteiger partial charge in [0.2, 0.25) is 0 Å². The predicted molar refractivity (Wildman–Crippen MR) is 142 cm³/mol. The molecule has 3 aromatic carbocycles. The summed E-state index contributed by atoms with van der Waals surface area (Å²) in [6, 6.07) is 13.0. The summed E-state index contributed by atoms with van der Waals surface area (Å²) in [7, 11) is -3.57. The smallest absolute Gasteiger partial charge is 0.406 e. The molecule has 1 aliphatic rings. The zero-order valence-electron chi connectivity index (χ0n) is 22.0. The molecule has 0 fully saturated rings. The van der Waals surface area contributed by atoms with Gasteiger partial charge in [-0.15, -0.1) is 18.7 Å². The number of sulfone groups is 1. The Labute approximate surface area is 239 Å². The summed E-state index contributed by atoms with van der Waals surface area (Å²) in [6.07, 6.45) is -6.67. The molecule has 5 rings (SSSR count). The van der Waals surface area contributed by atoms with Gasteiger partial charge in [0.1, 0.15) is 17.4 Å². The first kappa shape index (κ1) is 29.9. The first-order valence-corrected chi connectivity index (χ1v) is 14.1. The van der Waals surface area contributed by atoms with Gasteiger partial charge in [0.05, 0.1) is 22.0 Å². The number of benzene rings is 3. The van der Waals surface area contributed by atoms with Crippen molar-refractivity contribution in [1.29, 1.82) is 0 Å². The second-order valence-corrected chi connectivity index (χ2v) is 11.4. The van der Waals surface area contributed by atoms with Crippen LogP contribution in [0.4, 0.5) is 36.4 Å². The van der Waals surface area contributed by atoms with Crippen LogP contribution >= 0.6 is 0 Å². The van der Waals surface area contributed by atoms with Crippen molar-refractivity contribution < 1.29 is 43.9 Å². The van der Waals surface area contributed by atoms with Crippen LogP contribution in [0.2, 0.25) is 0 Å². The fourth-order valence-corrected chi connectivity index (χ4v) is 5.09. The third-order valence-corrected chi connectivity index (χ3v) is 7.43. The highest BCUT2D eigenvalue weighted by molar-refractivity contribution is 7.90. The fourth-order valence-electron chi connectivity index (χ4n) is 4.42. The van der Waals surface area contributed by atoms with Crippen molar-refractivity contribution in [3.63, 3.8) is 0 Å². The Hall–Kier alpha value is -4.57. The number of imidazole rings is 1. The maximum atomic E-state index is 15.1. The summed E-state index contributed by atoms with van der Waals surface area (Å²) in [5, 5.41) is 1.27. The molecule has 0 aliphatic carbocycles. The highest BCUT2D eigenvalue weighted by atomic mass is 32.2. The molecular weight excluding hydrogens is 607 g/mol. The van der Waals surface area contributed by atoms with Gasteiger partial charge in [-0.1, -0.05) is 18.2 Å². The van der Waals surface area contributed by atoms with E-state index in [1.807, 2.05) is 0 Å². The first-order valence-electron chi connectivity index (χ1n) is 12.2. The average molecular weight is 628 g/mol. The number of nitrogens with zero attached hydrogens (tertiary/aromatic N) is 3. The van der Waals surface area contributed by atoms with Crippen LogP contribution in [0.25, 0.3) is 22.5 Å². The van der Waals surface area contributed by atoms with Gasteiger partial charge in [-0.25, -0.2) is 17.8 Å². The van der Waals surface area contributed by atoms with Gasteiger partial charge in [-0.2, -0.15) is 13.2 Å². The molecule has 0 atom stereocenters. The maximum absolute atomic E-state index is 15.1. The van der Waals surface area contributed by atoms with E-state index in [-0.39, 0.29) is 33.4 Å². The number of hydrogen-bond donors (Lipinski definition) is 2. The Morgan fingerprint density at radius 3 is 2.26 bits per heavy atom. The van der Waals surface area contributed by atoms with Crippen LogP contribution < -0.4 is 20.7 Å². The van der Waals surface area contributed by atoms with Crippen LogP contribution in [-0.4, -0.2) is 30.6 Å². The monoisotopic (exact) mass is 627 g/mol. The van der Waals surface area contributed by atoms with E-state index >= 15 is 4.39 Å². The number of halogens is 7. The van der Waals surface area contributed by atoms with Crippen molar-refractivity contribution in [2.45, 2.75) is 24.4 Å². The van der Waals surface area contributed by atoms with Crippen molar-refractivity contribution in [3.05, 3.63) is 96.0 Å². The van der Waals surface area contributed by atoms with Crippen LogP contribution in [0, 0.1) is 12.7 Å². The normalized spacial score (nSPS) is 14.1. The molecule has 0 unspecified atom stereocenters. The van der Waals surface area contributed by atoms with E-state index in [2.05, 4.69) is 20.7 Å². The molecule has 226 valence electrons. The summed E-state index contributed by atoms with van der Waals surface area (Å²) in [6.45, 7) is 1.36. The van der Waals surface area contributed by atoms with Crippen molar-refractivity contribution in [2.24, 2.45) is 0 Å². The van der Waals surface area contributed by atoms with Crippen molar-refractivity contribution in [1.82, 2.24) is 20.5 Å².